The van der Waals surface area contributed by atoms with Crippen molar-refractivity contribution in [3.05, 3.63) is 77.5 Å². The summed E-state index contributed by atoms with van der Waals surface area (Å²) in [4.78, 5) is 14.5. The maximum Gasteiger partial charge on any atom is 0.138 e. The molecule has 1 aromatic carbocycles. The van der Waals surface area contributed by atoms with Crippen LogP contribution in [0.5, 0.6) is 5.75 Å². The van der Waals surface area contributed by atoms with E-state index >= 15 is 0 Å². The molecule has 0 saturated carbocycles. The Kier molecular flexibility index (Phi) is 9.29. The fourth-order valence-corrected chi connectivity index (χ4v) is 5.44. The fraction of sp³-hybridized carbons (Fsp3) is 0.364. The molecule has 1 aliphatic rings. The minimum absolute atomic E-state index is 0.481. The van der Waals surface area contributed by atoms with Crippen molar-refractivity contribution in [2.75, 3.05) is 38.1 Å². The van der Waals surface area contributed by atoms with Crippen molar-refractivity contribution >= 4 is 34.4 Å². The average Bonchev–Trinajstić information content (AvgIpc) is 3.47. The van der Waals surface area contributed by atoms with E-state index in [4.69, 9.17) is 4.74 Å². The lowest BCUT2D eigenvalue weighted by Gasteiger charge is -2.33. The summed E-state index contributed by atoms with van der Waals surface area (Å²) in [5.41, 5.74) is 6.06. The standard InChI is InChI=1S/C33H39N7O/c1-23(2)22-40-13-9-28(10-14-40)37-12-15-41-29-16-25(18-35-21-29)4-5-26-19-36-20-27(17-34)33(26)39-31-6-7-32-30(24(31)3)8-11-38-32/h4-8,11,16,18-21,23,28,37-38H,9-10,12-15,22H2,1-3H3,(H,36,39). The van der Waals surface area contributed by atoms with Gasteiger partial charge in [-0.2, -0.15) is 5.26 Å². The van der Waals surface area contributed by atoms with Crippen LogP contribution in [-0.2, 0) is 0 Å². The number of H-pyrrole nitrogens is 1. The molecule has 0 radical (unpaired) electrons. The first-order valence-corrected chi connectivity index (χ1v) is 14.4. The van der Waals surface area contributed by atoms with Gasteiger partial charge in [0.05, 0.1) is 17.4 Å². The van der Waals surface area contributed by atoms with Gasteiger partial charge in [-0.15, -0.1) is 0 Å². The molecule has 1 saturated heterocycles. The smallest absolute Gasteiger partial charge is 0.138 e. The van der Waals surface area contributed by atoms with E-state index in [2.05, 4.69) is 63.4 Å². The van der Waals surface area contributed by atoms with E-state index in [1.165, 1.54) is 32.5 Å². The van der Waals surface area contributed by atoms with Crippen molar-refractivity contribution in [3.63, 3.8) is 0 Å². The van der Waals surface area contributed by atoms with Crippen molar-refractivity contribution in [2.24, 2.45) is 5.92 Å². The van der Waals surface area contributed by atoms with Crippen LogP contribution in [-0.4, -0.2) is 58.7 Å². The monoisotopic (exact) mass is 549 g/mol. The van der Waals surface area contributed by atoms with E-state index in [0.717, 1.165) is 57.2 Å². The Labute approximate surface area is 242 Å². The number of likely N-dealkylation sites (tertiary alicyclic amines) is 1. The second-order valence-electron chi connectivity index (χ2n) is 11.1. The number of nitrogens with one attached hydrogen (secondary N) is 3. The number of hydrogen-bond donors (Lipinski definition) is 3. The van der Waals surface area contributed by atoms with Gasteiger partial charge in [0.15, 0.2) is 0 Å². The van der Waals surface area contributed by atoms with E-state index < -0.39 is 0 Å². The van der Waals surface area contributed by atoms with Crippen molar-refractivity contribution < 1.29 is 4.74 Å². The molecule has 41 heavy (non-hydrogen) atoms. The van der Waals surface area contributed by atoms with Gasteiger partial charge < -0.3 is 25.3 Å². The normalized spacial score (nSPS) is 14.6. The van der Waals surface area contributed by atoms with Gasteiger partial charge in [-0.1, -0.05) is 26.0 Å². The van der Waals surface area contributed by atoms with Crippen LogP contribution in [0.25, 0.3) is 23.1 Å². The third kappa shape index (κ3) is 7.31. The number of nitriles is 1. The number of aromatic amines is 1. The van der Waals surface area contributed by atoms with Gasteiger partial charge >= 0.3 is 0 Å². The van der Waals surface area contributed by atoms with E-state index in [0.29, 0.717) is 18.2 Å². The van der Waals surface area contributed by atoms with Crippen LogP contribution in [0.1, 0.15) is 48.9 Å². The van der Waals surface area contributed by atoms with Gasteiger partial charge in [0, 0.05) is 66.1 Å². The number of aromatic nitrogens is 3. The van der Waals surface area contributed by atoms with E-state index in [-0.39, 0.29) is 0 Å². The van der Waals surface area contributed by atoms with Crippen molar-refractivity contribution in [1.29, 1.82) is 5.26 Å². The van der Waals surface area contributed by atoms with Crippen molar-refractivity contribution in [3.8, 4) is 11.8 Å². The molecular weight excluding hydrogens is 510 g/mol. The van der Waals surface area contributed by atoms with Crippen LogP contribution in [0.2, 0.25) is 0 Å². The molecule has 3 aromatic heterocycles. The number of piperidine rings is 1. The Balaban J connectivity index is 1.19. The van der Waals surface area contributed by atoms with Gasteiger partial charge in [0.2, 0.25) is 0 Å². The Morgan fingerprint density at radius 3 is 2.76 bits per heavy atom. The number of aryl methyl sites for hydroxylation is 1. The number of fused-ring (bicyclic) bond motifs is 1. The van der Waals surface area contributed by atoms with E-state index in [9.17, 15) is 5.26 Å². The lowest BCUT2D eigenvalue weighted by atomic mass is 10.0. The minimum atomic E-state index is 0.481. The molecule has 0 unspecified atom stereocenters. The van der Waals surface area contributed by atoms with Gasteiger partial charge in [-0.05, 0) is 74.2 Å². The largest absolute Gasteiger partial charge is 0.491 e. The molecule has 8 heteroatoms. The third-order valence-corrected chi connectivity index (χ3v) is 7.56. The lowest BCUT2D eigenvalue weighted by Crippen LogP contribution is -2.44. The summed E-state index contributed by atoms with van der Waals surface area (Å²) < 4.78 is 6.00. The molecule has 212 valence electrons. The molecule has 0 atom stereocenters. The maximum atomic E-state index is 9.79. The van der Waals surface area contributed by atoms with Gasteiger partial charge in [0.25, 0.3) is 0 Å². The van der Waals surface area contributed by atoms with Crippen LogP contribution in [0.3, 0.4) is 0 Å². The van der Waals surface area contributed by atoms with Gasteiger partial charge in [-0.3, -0.25) is 9.97 Å². The topological polar surface area (TPSA) is 102 Å². The zero-order chi connectivity index (χ0) is 28.6. The Hall–Kier alpha value is -4.19. The van der Waals surface area contributed by atoms with Gasteiger partial charge in [0.1, 0.15) is 18.4 Å². The predicted molar refractivity (Wildman–Crippen MR) is 166 cm³/mol. The molecule has 0 bridgehead atoms. The highest BCUT2D eigenvalue weighted by molar-refractivity contribution is 5.90. The molecule has 3 N–H and O–H groups in total. The SMILES string of the molecule is Cc1c(Nc2c(C#N)cncc2C=Cc2cncc(OCCNC3CCN(CC(C)C)CC3)c2)ccc2[nH]ccc12. The van der Waals surface area contributed by atoms with E-state index in [1.54, 1.807) is 24.8 Å². The predicted octanol–water partition coefficient (Wildman–Crippen LogP) is 6.14. The quantitative estimate of drug-likeness (QED) is 0.193. The van der Waals surface area contributed by atoms with Crippen LogP contribution >= 0.6 is 0 Å². The second kappa shape index (κ2) is 13.4. The molecule has 0 aliphatic carbocycles. The van der Waals surface area contributed by atoms with Crippen LogP contribution < -0.4 is 15.4 Å². The molecule has 4 aromatic rings. The number of pyridine rings is 2. The molecule has 1 aliphatic heterocycles. The molecule has 4 heterocycles. The zero-order valence-corrected chi connectivity index (χ0v) is 24.2. The molecule has 0 amide bonds. The number of nitrogens with zero attached hydrogens (tertiary/aromatic N) is 4. The molecular formula is C33H39N7O. The first-order chi connectivity index (χ1) is 20.0. The molecule has 0 spiro atoms. The van der Waals surface area contributed by atoms with Crippen LogP contribution in [0, 0.1) is 24.2 Å². The van der Waals surface area contributed by atoms with Crippen LogP contribution in [0.4, 0.5) is 11.4 Å². The first-order valence-electron chi connectivity index (χ1n) is 14.4. The summed E-state index contributed by atoms with van der Waals surface area (Å²) in [5.74, 6) is 1.46. The average molecular weight is 550 g/mol. The lowest BCUT2D eigenvalue weighted by molar-refractivity contribution is 0.176. The highest BCUT2D eigenvalue weighted by atomic mass is 16.5. The summed E-state index contributed by atoms with van der Waals surface area (Å²) in [6.45, 7) is 11.6. The molecule has 5 rings (SSSR count). The summed E-state index contributed by atoms with van der Waals surface area (Å²) >= 11 is 0. The number of ether oxygens (including phenoxy) is 1. The summed E-state index contributed by atoms with van der Waals surface area (Å²) in [5, 5.41) is 18.1. The summed E-state index contributed by atoms with van der Waals surface area (Å²) in [7, 11) is 0. The fourth-order valence-electron chi connectivity index (χ4n) is 5.44. The maximum absolute atomic E-state index is 9.79. The highest BCUT2D eigenvalue weighted by Gasteiger charge is 2.19. The Morgan fingerprint density at radius 2 is 1.95 bits per heavy atom. The number of anilines is 2. The Bertz CT molecular complexity index is 1530. The second-order valence-corrected chi connectivity index (χ2v) is 11.1. The highest BCUT2D eigenvalue weighted by Crippen LogP contribution is 2.31. The van der Waals surface area contributed by atoms with E-state index in [1.807, 2.05) is 36.5 Å². The van der Waals surface area contributed by atoms with Crippen molar-refractivity contribution in [1.82, 2.24) is 25.2 Å². The number of rotatable bonds is 11. The first kappa shape index (κ1) is 28.3. The number of benzene rings is 1. The summed E-state index contributed by atoms with van der Waals surface area (Å²) in [6.07, 6.45) is 15.1. The zero-order valence-electron chi connectivity index (χ0n) is 24.2. The Morgan fingerprint density at radius 1 is 1.12 bits per heavy atom. The van der Waals surface area contributed by atoms with Crippen LogP contribution in [0.15, 0.2) is 55.2 Å². The number of hydrogen-bond acceptors (Lipinski definition) is 7. The molecule has 1 fully saturated rings. The minimum Gasteiger partial charge on any atom is -0.491 e. The molecule has 8 nitrogen and oxygen atoms in total. The van der Waals surface area contributed by atoms with Gasteiger partial charge in [-0.25, -0.2) is 0 Å². The summed E-state index contributed by atoms with van der Waals surface area (Å²) in [6, 6.07) is 10.9. The van der Waals surface area contributed by atoms with Crippen molar-refractivity contribution in [2.45, 2.75) is 39.7 Å². The third-order valence-electron chi connectivity index (χ3n) is 7.56.